The quantitative estimate of drug-likeness (QED) is 0.676. The zero-order valence-electron chi connectivity index (χ0n) is 15.4. The smallest absolute Gasteiger partial charge is 0.125 e. The summed E-state index contributed by atoms with van der Waals surface area (Å²) in [7, 11) is 1.77. The maximum Gasteiger partial charge on any atom is 0.125 e. The third-order valence-corrected chi connectivity index (χ3v) is 4.85. The number of hydrogen-bond acceptors (Lipinski definition) is 1. The van der Waals surface area contributed by atoms with Crippen molar-refractivity contribution in [3.8, 4) is 5.75 Å². The number of aryl methyl sites for hydroxylation is 2. The van der Waals surface area contributed by atoms with Crippen molar-refractivity contribution in [2.75, 3.05) is 7.11 Å². The van der Waals surface area contributed by atoms with Crippen LogP contribution in [0.1, 0.15) is 57.7 Å². The number of ether oxygens (including phenoxy) is 1. The molecule has 22 heavy (non-hydrogen) atoms. The van der Waals surface area contributed by atoms with Crippen molar-refractivity contribution in [1.82, 2.24) is 0 Å². The van der Waals surface area contributed by atoms with Crippen LogP contribution in [0.25, 0.3) is 0 Å². The lowest BCUT2D eigenvalue weighted by atomic mass is 9.76. The molecule has 1 aromatic carbocycles. The minimum absolute atomic E-state index is 0.0465. The lowest BCUT2D eigenvalue weighted by Crippen LogP contribution is -2.21. The first-order chi connectivity index (χ1) is 10.1. The fraction of sp³-hybridized carbons (Fsp3) is 0.524. The van der Waals surface area contributed by atoms with Gasteiger partial charge in [-0.25, -0.2) is 0 Å². The maximum atomic E-state index is 5.72. The van der Waals surface area contributed by atoms with E-state index in [2.05, 4.69) is 72.8 Å². The summed E-state index contributed by atoms with van der Waals surface area (Å²) in [6.07, 6.45) is 5.85. The Hall–Kier alpha value is -1.50. The molecular weight excluding hydrogens is 268 g/mol. The molecule has 0 saturated carbocycles. The van der Waals surface area contributed by atoms with Crippen molar-refractivity contribution in [1.29, 1.82) is 0 Å². The first-order valence-electron chi connectivity index (χ1n) is 8.14. The van der Waals surface area contributed by atoms with Gasteiger partial charge in [0.2, 0.25) is 0 Å². The molecule has 0 atom stereocenters. The van der Waals surface area contributed by atoms with Gasteiger partial charge in [0.1, 0.15) is 5.75 Å². The normalized spacial score (nSPS) is 15.6. The van der Waals surface area contributed by atoms with E-state index in [4.69, 9.17) is 4.74 Å². The Labute approximate surface area is 136 Å². The summed E-state index contributed by atoms with van der Waals surface area (Å²) in [5, 5.41) is 0. The largest absolute Gasteiger partial charge is 0.496 e. The molecular formula is C21H30O. The summed E-state index contributed by atoms with van der Waals surface area (Å²) in [5.74, 6) is 1.02. The summed E-state index contributed by atoms with van der Waals surface area (Å²) in [6.45, 7) is 15.8. The molecule has 120 valence electrons. The van der Waals surface area contributed by atoms with Gasteiger partial charge in [-0.15, -0.1) is 0 Å². The predicted molar refractivity (Wildman–Crippen MR) is 95.7 cm³/mol. The van der Waals surface area contributed by atoms with Crippen molar-refractivity contribution >= 4 is 0 Å². The Morgan fingerprint density at radius 2 is 1.64 bits per heavy atom. The number of hydrogen-bond donors (Lipinski definition) is 0. The molecule has 0 bridgehead atoms. The second-order valence-electron chi connectivity index (χ2n) is 8.07. The Morgan fingerprint density at radius 3 is 2.14 bits per heavy atom. The van der Waals surface area contributed by atoms with E-state index in [0.29, 0.717) is 0 Å². The highest BCUT2D eigenvalue weighted by Gasteiger charge is 2.32. The molecule has 1 aliphatic carbocycles. The zero-order valence-corrected chi connectivity index (χ0v) is 15.4. The van der Waals surface area contributed by atoms with Crippen LogP contribution in [0.5, 0.6) is 5.75 Å². The highest BCUT2D eigenvalue weighted by molar-refractivity contribution is 5.54. The van der Waals surface area contributed by atoms with Gasteiger partial charge in [0, 0.05) is 11.0 Å². The molecule has 1 aromatic rings. The molecule has 0 unspecified atom stereocenters. The van der Waals surface area contributed by atoms with Crippen molar-refractivity contribution < 1.29 is 4.74 Å². The van der Waals surface area contributed by atoms with Gasteiger partial charge in [-0.1, -0.05) is 70.0 Å². The summed E-state index contributed by atoms with van der Waals surface area (Å²) in [5.41, 5.74) is 6.89. The fourth-order valence-electron chi connectivity index (χ4n) is 3.33. The van der Waals surface area contributed by atoms with Crippen molar-refractivity contribution in [2.24, 2.45) is 5.41 Å². The third-order valence-electron chi connectivity index (χ3n) is 4.85. The Bertz CT molecular complexity index is 637. The molecule has 0 aliphatic heterocycles. The van der Waals surface area contributed by atoms with Crippen LogP contribution in [0, 0.1) is 19.3 Å². The van der Waals surface area contributed by atoms with E-state index >= 15 is 0 Å². The second kappa shape index (κ2) is 5.61. The van der Waals surface area contributed by atoms with E-state index in [0.717, 1.165) is 12.2 Å². The standard InChI is InChI=1S/C21H30O/c1-14-11-15(2)19(22-8)18(12-14)21(6,7)17-10-9-16(13-17)20(3,4)5/h10-13H,9H2,1-8H3. The topological polar surface area (TPSA) is 9.23 Å². The molecule has 0 heterocycles. The zero-order chi connectivity index (χ0) is 16.7. The molecule has 0 saturated heterocycles. The minimum atomic E-state index is -0.0465. The first kappa shape index (κ1) is 16.9. The molecule has 0 spiro atoms. The van der Waals surface area contributed by atoms with Gasteiger partial charge in [-0.3, -0.25) is 0 Å². The summed E-state index contributed by atoms with van der Waals surface area (Å²) in [4.78, 5) is 0. The highest BCUT2D eigenvalue weighted by atomic mass is 16.5. The summed E-state index contributed by atoms with van der Waals surface area (Å²) < 4.78 is 5.72. The number of methoxy groups -OCH3 is 1. The van der Waals surface area contributed by atoms with Crippen LogP contribution >= 0.6 is 0 Å². The van der Waals surface area contributed by atoms with Crippen LogP contribution in [0.2, 0.25) is 0 Å². The third kappa shape index (κ3) is 2.99. The van der Waals surface area contributed by atoms with E-state index in [1.807, 2.05) is 0 Å². The average molecular weight is 298 g/mol. The van der Waals surface area contributed by atoms with Crippen LogP contribution in [0.3, 0.4) is 0 Å². The molecule has 0 amide bonds. The monoisotopic (exact) mass is 298 g/mol. The molecule has 0 radical (unpaired) electrons. The lowest BCUT2D eigenvalue weighted by Gasteiger charge is -2.30. The van der Waals surface area contributed by atoms with E-state index in [1.165, 1.54) is 27.8 Å². The van der Waals surface area contributed by atoms with Gasteiger partial charge in [-0.2, -0.15) is 0 Å². The van der Waals surface area contributed by atoms with Crippen molar-refractivity contribution in [2.45, 2.75) is 60.3 Å². The van der Waals surface area contributed by atoms with Crippen LogP contribution in [-0.4, -0.2) is 7.11 Å². The Balaban J connectivity index is 2.51. The molecule has 0 N–H and O–H groups in total. The summed E-state index contributed by atoms with van der Waals surface area (Å²) >= 11 is 0. The number of allylic oxidation sites excluding steroid dienone is 4. The fourth-order valence-corrected chi connectivity index (χ4v) is 3.33. The molecule has 2 rings (SSSR count). The SMILES string of the molecule is COc1c(C)cc(C)cc1C(C)(C)C1=CCC(C(C)(C)C)=C1. The van der Waals surface area contributed by atoms with Crippen LogP contribution in [0.15, 0.2) is 35.4 Å². The van der Waals surface area contributed by atoms with Gasteiger partial charge in [0.25, 0.3) is 0 Å². The van der Waals surface area contributed by atoms with E-state index in [1.54, 1.807) is 7.11 Å². The molecule has 0 fully saturated rings. The molecule has 0 aromatic heterocycles. The highest BCUT2D eigenvalue weighted by Crippen LogP contribution is 2.44. The van der Waals surface area contributed by atoms with Gasteiger partial charge < -0.3 is 4.74 Å². The van der Waals surface area contributed by atoms with E-state index in [-0.39, 0.29) is 10.8 Å². The van der Waals surface area contributed by atoms with Gasteiger partial charge in [-0.05, 0) is 36.8 Å². The van der Waals surface area contributed by atoms with Crippen molar-refractivity contribution in [3.05, 3.63) is 52.1 Å². The number of benzene rings is 1. The lowest BCUT2D eigenvalue weighted by molar-refractivity contribution is 0.397. The van der Waals surface area contributed by atoms with Crippen LogP contribution in [0.4, 0.5) is 0 Å². The molecule has 1 heteroatoms. The second-order valence-corrected chi connectivity index (χ2v) is 8.07. The van der Waals surface area contributed by atoms with Gasteiger partial charge >= 0.3 is 0 Å². The average Bonchev–Trinajstić information content (AvgIpc) is 2.87. The Morgan fingerprint density at radius 1 is 1.00 bits per heavy atom. The van der Waals surface area contributed by atoms with Crippen LogP contribution in [-0.2, 0) is 5.41 Å². The van der Waals surface area contributed by atoms with Gasteiger partial charge in [0.05, 0.1) is 7.11 Å². The Kier molecular flexibility index (Phi) is 4.30. The van der Waals surface area contributed by atoms with Crippen molar-refractivity contribution in [3.63, 3.8) is 0 Å². The number of rotatable bonds is 3. The molecule has 1 aliphatic rings. The first-order valence-corrected chi connectivity index (χ1v) is 8.14. The predicted octanol–water partition coefficient (Wildman–Crippen LogP) is 5.89. The van der Waals surface area contributed by atoms with E-state index in [9.17, 15) is 0 Å². The van der Waals surface area contributed by atoms with E-state index < -0.39 is 0 Å². The van der Waals surface area contributed by atoms with Gasteiger partial charge in [0.15, 0.2) is 0 Å². The maximum absolute atomic E-state index is 5.72. The van der Waals surface area contributed by atoms with Crippen LogP contribution < -0.4 is 4.74 Å². The summed E-state index contributed by atoms with van der Waals surface area (Å²) in [6, 6.07) is 4.47. The minimum Gasteiger partial charge on any atom is -0.496 e. The molecule has 1 nitrogen and oxygen atoms in total.